The highest BCUT2D eigenvalue weighted by Crippen LogP contribution is 2.51. The molecule has 0 amide bonds. The molecule has 110 valence electrons. The molecule has 1 atom stereocenters. The van der Waals surface area contributed by atoms with Crippen molar-refractivity contribution < 1.29 is 14.2 Å². The Hall–Kier alpha value is -1.67. The summed E-state index contributed by atoms with van der Waals surface area (Å²) in [6, 6.07) is 9.20. The molecule has 2 bridgehead atoms. The third-order valence-corrected chi connectivity index (χ3v) is 4.64. The zero-order chi connectivity index (χ0) is 15.1. The Balaban J connectivity index is 1.94. The number of hydrogen-bond donors (Lipinski definition) is 0. The number of hydrogen-bond acceptors (Lipinski definition) is 4. The molecule has 0 aromatic heterocycles. The van der Waals surface area contributed by atoms with Crippen LogP contribution in [0.5, 0.6) is 0 Å². The average Bonchev–Trinajstić information content (AvgIpc) is 2.55. The van der Waals surface area contributed by atoms with Gasteiger partial charge in [0.15, 0.2) is 0 Å². The van der Waals surface area contributed by atoms with Gasteiger partial charge >= 0.3 is 5.97 Å². The lowest BCUT2D eigenvalue weighted by Crippen LogP contribution is -2.64. The molecule has 21 heavy (non-hydrogen) atoms. The minimum Gasteiger partial charge on any atom is -0.323 e. The summed E-state index contributed by atoms with van der Waals surface area (Å²) in [6.45, 7) is 9.34. The van der Waals surface area contributed by atoms with Crippen molar-refractivity contribution in [2.75, 3.05) is 13.2 Å². The van der Waals surface area contributed by atoms with E-state index in [0.29, 0.717) is 24.7 Å². The third-order valence-electron chi connectivity index (χ3n) is 4.64. The quantitative estimate of drug-likeness (QED) is 0.801. The van der Waals surface area contributed by atoms with Crippen LogP contribution in [-0.4, -0.2) is 19.3 Å². The maximum absolute atomic E-state index is 8.89. The topological polar surface area (TPSA) is 51.5 Å². The van der Waals surface area contributed by atoms with Gasteiger partial charge in [0.2, 0.25) is 0 Å². The smallest absolute Gasteiger partial charge is 0.312 e. The lowest BCUT2D eigenvalue weighted by Gasteiger charge is -2.57. The molecule has 0 spiro atoms. The summed E-state index contributed by atoms with van der Waals surface area (Å²) in [5, 5.41) is 8.89. The standard InChI is InChI=1S/C17H19NO3/c1-4-15-16(12(2)3)10-19-17(21-15,20-11-16)14-7-5-13(9-18)6-8-14/h4-8,12,15H,1,10-11H2,2-3H3. The lowest BCUT2D eigenvalue weighted by molar-refractivity contribution is -0.498. The molecule has 3 heterocycles. The minimum absolute atomic E-state index is 0.115. The number of nitrogens with zero attached hydrogens (tertiary/aromatic N) is 1. The summed E-state index contributed by atoms with van der Waals surface area (Å²) in [7, 11) is 0. The van der Waals surface area contributed by atoms with E-state index in [9.17, 15) is 0 Å². The van der Waals surface area contributed by atoms with Crippen LogP contribution < -0.4 is 0 Å². The molecule has 1 aromatic carbocycles. The second kappa shape index (κ2) is 4.96. The van der Waals surface area contributed by atoms with Crippen LogP contribution in [0.2, 0.25) is 0 Å². The van der Waals surface area contributed by atoms with Gasteiger partial charge in [-0.25, -0.2) is 0 Å². The molecule has 4 heteroatoms. The first-order valence-electron chi connectivity index (χ1n) is 7.15. The van der Waals surface area contributed by atoms with Crippen LogP contribution in [0.25, 0.3) is 0 Å². The van der Waals surface area contributed by atoms with E-state index in [1.807, 2.05) is 18.2 Å². The maximum atomic E-state index is 8.89. The first-order chi connectivity index (χ1) is 10.1. The maximum Gasteiger partial charge on any atom is 0.312 e. The van der Waals surface area contributed by atoms with Gasteiger partial charge in [-0.1, -0.05) is 19.9 Å². The molecule has 4 nitrogen and oxygen atoms in total. The summed E-state index contributed by atoms with van der Waals surface area (Å²) in [6.07, 6.45) is 1.72. The van der Waals surface area contributed by atoms with E-state index < -0.39 is 5.97 Å². The number of benzene rings is 1. The van der Waals surface area contributed by atoms with E-state index in [2.05, 4.69) is 26.5 Å². The Bertz CT molecular complexity index is 577. The summed E-state index contributed by atoms with van der Waals surface area (Å²) in [5.74, 6) is -0.816. The van der Waals surface area contributed by atoms with E-state index in [-0.39, 0.29) is 11.5 Å². The van der Waals surface area contributed by atoms with Crippen molar-refractivity contribution in [3.63, 3.8) is 0 Å². The fraction of sp³-hybridized carbons (Fsp3) is 0.471. The highest BCUT2D eigenvalue weighted by Gasteiger charge is 2.59. The van der Waals surface area contributed by atoms with Gasteiger partial charge in [0.05, 0.1) is 31.0 Å². The lowest BCUT2D eigenvalue weighted by atomic mass is 9.72. The van der Waals surface area contributed by atoms with Crippen molar-refractivity contribution in [1.29, 1.82) is 5.26 Å². The second-order valence-corrected chi connectivity index (χ2v) is 5.98. The first-order valence-corrected chi connectivity index (χ1v) is 7.15. The molecule has 0 N–H and O–H groups in total. The largest absolute Gasteiger partial charge is 0.323 e. The second-order valence-electron chi connectivity index (χ2n) is 5.98. The fourth-order valence-corrected chi connectivity index (χ4v) is 2.99. The molecule has 3 aliphatic heterocycles. The van der Waals surface area contributed by atoms with Crippen LogP contribution in [0.4, 0.5) is 0 Å². The predicted octanol–water partition coefficient (Wildman–Crippen LogP) is 2.94. The van der Waals surface area contributed by atoms with Crippen molar-refractivity contribution in [3.05, 3.63) is 48.0 Å². The Morgan fingerprint density at radius 2 is 1.90 bits per heavy atom. The molecular formula is C17H19NO3. The van der Waals surface area contributed by atoms with Gasteiger partial charge in [0.25, 0.3) is 0 Å². The zero-order valence-corrected chi connectivity index (χ0v) is 12.3. The molecule has 4 rings (SSSR count). The van der Waals surface area contributed by atoms with Gasteiger partial charge in [-0.15, -0.1) is 6.58 Å². The van der Waals surface area contributed by atoms with Crippen molar-refractivity contribution in [3.8, 4) is 6.07 Å². The number of fused-ring (bicyclic) bond motifs is 3. The fourth-order valence-electron chi connectivity index (χ4n) is 2.99. The van der Waals surface area contributed by atoms with Crippen molar-refractivity contribution in [2.45, 2.75) is 25.9 Å². The van der Waals surface area contributed by atoms with Gasteiger partial charge in [-0.3, -0.25) is 0 Å². The number of rotatable bonds is 3. The highest BCUT2D eigenvalue weighted by atomic mass is 16.9. The minimum atomic E-state index is -1.18. The Labute approximate surface area is 124 Å². The number of nitriles is 1. The van der Waals surface area contributed by atoms with Crippen molar-refractivity contribution in [1.82, 2.24) is 0 Å². The van der Waals surface area contributed by atoms with E-state index in [0.717, 1.165) is 5.56 Å². The van der Waals surface area contributed by atoms with Crippen LogP contribution in [-0.2, 0) is 20.2 Å². The number of ether oxygens (including phenoxy) is 3. The Morgan fingerprint density at radius 3 is 2.38 bits per heavy atom. The van der Waals surface area contributed by atoms with Gasteiger partial charge in [0, 0.05) is 11.0 Å². The van der Waals surface area contributed by atoms with Gasteiger partial charge < -0.3 is 14.2 Å². The molecule has 1 aromatic rings. The summed E-state index contributed by atoms with van der Waals surface area (Å²) < 4.78 is 18.0. The van der Waals surface area contributed by atoms with E-state index in [1.165, 1.54) is 0 Å². The molecule has 1 unspecified atom stereocenters. The zero-order valence-electron chi connectivity index (χ0n) is 12.3. The molecule has 0 saturated carbocycles. The van der Waals surface area contributed by atoms with Crippen LogP contribution in [0.3, 0.4) is 0 Å². The normalized spacial score (nSPS) is 34.7. The van der Waals surface area contributed by atoms with Crippen molar-refractivity contribution >= 4 is 0 Å². The SMILES string of the molecule is C=CC1OC2(c3ccc(C#N)cc3)OCC1(C(C)C)CO2. The Kier molecular flexibility index (Phi) is 3.37. The highest BCUT2D eigenvalue weighted by molar-refractivity contribution is 5.33. The van der Waals surface area contributed by atoms with Crippen molar-refractivity contribution in [2.24, 2.45) is 11.3 Å². The third kappa shape index (κ3) is 2.01. The molecule has 0 radical (unpaired) electrons. The molecule has 3 saturated heterocycles. The summed E-state index contributed by atoms with van der Waals surface area (Å²) in [5.41, 5.74) is 1.18. The van der Waals surface area contributed by atoms with E-state index >= 15 is 0 Å². The monoisotopic (exact) mass is 285 g/mol. The predicted molar refractivity (Wildman–Crippen MR) is 77.1 cm³/mol. The summed E-state index contributed by atoms with van der Waals surface area (Å²) >= 11 is 0. The average molecular weight is 285 g/mol. The molecular weight excluding hydrogens is 266 g/mol. The van der Waals surface area contributed by atoms with Gasteiger partial charge in [-0.2, -0.15) is 5.26 Å². The molecule has 0 aliphatic carbocycles. The molecule has 3 aliphatic rings. The van der Waals surface area contributed by atoms with E-state index in [1.54, 1.807) is 12.1 Å². The summed E-state index contributed by atoms with van der Waals surface area (Å²) in [4.78, 5) is 0. The van der Waals surface area contributed by atoms with Gasteiger partial charge in [-0.05, 0) is 30.2 Å². The Morgan fingerprint density at radius 1 is 1.29 bits per heavy atom. The van der Waals surface area contributed by atoms with E-state index in [4.69, 9.17) is 19.5 Å². The van der Waals surface area contributed by atoms with Crippen LogP contribution in [0.1, 0.15) is 25.0 Å². The first kappa shape index (κ1) is 14.3. The van der Waals surface area contributed by atoms with Gasteiger partial charge in [0.1, 0.15) is 0 Å². The van der Waals surface area contributed by atoms with Crippen LogP contribution in [0.15, 0.2) is 36.9 Å². The van der Waals surface area contributed by atoms with Crippen LogP contribution >= 0.6 is 0 Å². The molecule has 3 fully saturated rings. The van der Waals surface area contributed by atoms with Crippen LogP contribution in [0, 0.1) is 22.7 Å².